The van der Waals surface area contributed by atoms with Crippen molar-refractivity contribution in [2.24, 2.45) is 0 Å². The maximum absolute atomic E-state index is 12.2. The van der Waals surface area contributed by atoms with Crippen LogP contribution in [0.25, 0.3) is 0 Å². The minimum Gasteiger partial charge on any atom is -0.494 e. The number of unbranched alkanes of at least 4 members (excludes halogenated alkanes) is 2. The number of alkyl halides is 1. The van der Waals surface area contributed by atoms with Crippen molar-refractivity contribution in [2.75, 3.05) is 24.9 Å². The summed E-state index contributed by atoms with van der Waals surface area (Å²) >= 11 is 5.68. The highest BCUT2D eigenvalue weighted by Gasteiger charge is 2.17. The summed E-state index contributed by atoms with van der Waals surface area (Å²) in [6.07, 6.45) is 3.86. The number of rotatable bonds is 11. The van der Waals surface area contributed by atoms with Crippen molar-refractivity contribution in [3.8, 4) is 5.75 Å². The number of ether oxygens (including phenoxy) is 3. The topological polar surface area (TPSA) is 73.9 Å². The molecule has 7 heteroatoms. The lowest BCUT2D eigenvalue weighted by Gasteiger charge is -2.21. The van der Waals surface area contributed by atoms with Crippen LogP contribution in [0.15, 0.2) is 18.2 Å². The summed E-state index contributed by atoms with van der Waals surface area (Å²) in [5.41, 5.74) is 1.03. The van der Waals surface area contributed by atoms with Crippen molar-refractivity contribution in [1.29, 1.82) is 0 Å². The smallest absolute Gasteiger partial charge is 0.412 e. The molecule has 0 radical (unpaired) electrons. The molecule has 6 nitrogen and oxygen atoms in total. The van der Waals surface area contributed by atoms with E-state index in [9.17, 15) is 9.59 Å². The third-order valence-electron chi connectivity index (χ3n) is 3.82. The van der Waals surface area contributed by atoms with Gasteiger partial charge in [0.25, 0.3) is 0 Å². The van der Waals surface area contributed by atoms with Gasteiger partial charge in [0.15, 0.2) is 0 Å². The molecule has 0 heterocycles. The SMILES string of the molecule is COC(=O)CCCCc1ccc(OCCCCCl)cc1NC(=O)OC(C)(C)C. The van der Waals surface area contributed by atoms with Crippen LogP contribution in [-0.2, 0) is 20.7 Å². The van der Waals surface area contributed by atoms with Gasteiger partial charge < -0.3 is 14.2 Å². The fraction of sp³-hybridized carbons (Fsp3) is 0.619. The van der Waals surface area contributed by atoms with E-state index in [1.54, 1.807) is 6.07 Å². The Kier molecular flexibility index (Phi) is 10.8. The molecule has 1 amide bonds. The lowest BCUT2D eigenvalue weighted by atomic mass is 10.0. The predicted octanol–water partition coefficient (Wildman–Crippen LogP) is 5.32. The summed E-state index contributed by atoms with van der Waals surface area (Å²) in [4.78, 5) is 23.4. The molecule has 0 bridgehead atoms. The first-order valence-corrected chi connectivity index (χ1v) is 10.2. The van der Waals surface area contributed by atoms with Crippen molar-refractivity contribution in [1.82, 2.24) is 0 Å². The van der Waals surface area contributed by atoms with E-state index < -0.39 is 11.7 Å². The second-order valence-corrected chi connectivity index (χ2v) is 7.85. The molecule has 0 atom stereocenters. The fourth-order valence-electron chi connectivity index (χ4n) is 2.47. The van der Waals surface area contributed by atoms with Crippen LogP contribution >= 0.6 is 11.6 Å². The molecule has 1 rings (SSSR count). The average Bonchev–Trinajstić information content (AvgIpc) is 2.61. The molecule has 0 unspecified atom stereocenters. The van der Waals surface area contributed by atoms with Crippen LogP contribution < -0.4 is 10.1 Å². The van der Waals surface area contributed by atoms with Gasteiger partial charge in [0.1, 0.15) is 11.4 Å². The number of carbonyl (C=O) groups excluding carboxylic acids is 2. The van der Waals surface area contributed by atoms with Crippen molar-refractivity contribution in [2.45, 2.75) is 64.9 Å². The van der Waals surface area contributed by atoms with E-state index in [4.69, 9.17) is 21.1 Å². The fourth-order valence-corrected chi connectivity index (χ4v) is 2.66. The second-order valence-electron chi connectivity index (χ2n) is 7.47. The number of amides is 1. The van der Waals surface area contributed by atoms with Gasteiger partial charge in [0.05, 0.1) is 19.4 Å². The monoisotopic (exact) mass is 413 g/mol. The number of esters is 1. The summed E-state index contributed by atoms with van der Waals surface area (Å²) in [5.74, 6) is 1.08. The van der Waals surface area contributed by atoms with Gasteiger partial charge in [-0.3, -0.25) is 10.1 Å². The number of methoxy groups -OCH3 is 1. The largest absolute Gasteiger partial charge is 0.494 e. The Morgan fingerprint density at radius 1 is 1.11 bits per heavy atom. The highest BCUT2D eigenvalue weighted by atomic mass is 35.5. The number of benzene rings is 1. The van der Waals surface area contributed by atoms with Crippen LogP contribution in [0.4, 0.5) is 10.5 Å². The first-order valence-electron chi connectivity index (χ1n) is 9.63. The molecule has 0 aromatic heterocycles. The van der Waals surface area contributed by atoms with Gasteiger partial charge in [-0.25, -0.2) is 4.79 Å². The van der Waals surface area contributed by atoms with Gasteiger partial charge in [0, 0.05) is 18.4 Å². The molecule has 0 spiro atoms. The Bertz CT molecular complexity index is 628. The van der Waals surface area contributed by atoms with Gasteiger partial charge in [-0.05, 0) is 64.5 Å². The number of anilines is 1. The maximum Gasteiger partial charge on any atom is 0.412 e. The maximum atomic E-state index is 12.2. The first-order chi connectivity index (χ1) is 13.2. The van der Waals surface area contributed by atoms with E-state index in [1.165, 1.54) is 7.11 Å². The van der Waals surface area contributed by atoms with Crippen LogP contribution in [0.3, 0.4) is 0 Å². The zero-order valence-corrected chi connectivity index (χ0v) is 18.1. The Labute approximate surface area is 172 Å². The van der Waals surface area contributed by atoms with E-state index in [2.05, 4.69) is 10.1 Å². The normalized spacial score (nSPS) is 11.0. The second kappa shape index (κ2) is 12.5. The summed E-state index contributed by atoms with van der Waals surface area (Å²) in [6, 6.07) is 5.62. The molecule has 28 heavy (non-hydrogen) atoms. The summed E-state index contributed by atoms with van der Waals surface area (Å²) in [7, 11) is 1.39. The zero-order valence-electron chi connectivity index (χ0n) is 17.3. The summed E-state index contributed by atoms with van der Waals surface area (Å²) < 4.78 is 15.8. The lowest BCUT2D eigenvalue weighted by Crippen LogP contribution is -2.27. The van der Waals surface area contributed by atoms with Gasteiger partial charge in [-0.2, -0.15) is 0 Å². The molecule has 0 aliphatic rings. The van der Waals surface area contributed by atoms with Crippen LogP contribution in [0.1, 0.15) is 58.4 Å². The standard InChI is InChI=1S/C21H32ClNO5/c1-21(2,3)28-20(25)23-18-15-17(27-14-8-7-13-22)12-11-16(18)9-5-6-10-19(24)26-4/h11-12,15H,5-10,13-14H2,1-4H3,(H,23,25). The Balaban J connectivity index is 2.78. The van der Waals surface area contributed by atoms with Crippen LogP contribution in [0.2, 0.25) is 0 Å². The van der Waals surface area contributed by atoms with Gasteiger partial charge in [-0.1, -0.05) is 6.07 Å². The van der Waals surface area contributed by atoms with Crippen molar-refractivity contribution >= 4 is 29.4 Å². The van der Waals surface area contributed by atoms with E-state index in [-0.39, 0.29) is 5.97 Å². The van der Waals surface area contributed by atoms with E-state index in [0.29, 0.717) is 36.8 Å². The van der Waals surface area contributed by atoms with Crippen LogP contribution in [0.5, 0.6) is 5.75 Å². The number of nitrogens with one attached hydrogen (secondary N) is 1. The van der Waals surface area contributed by atoms with E-state index in [0.717, 1.165) is 31.2 Å². The molecule has 1 aromatic carbocycles. The van der Waals surface area contributed by atoms with Crippen molar-refractivity contribution < 1.29 is 23.8 Å². The van der Waals surface area contributed by atoms with Gasteiger partial charge >= 0.3 is 12.1 Å². The Morgan fingerprint density at radius 3 is 2.50 bits per heavy atom. The number of aryl methyl sites for hydroxylation is 1. The lowest BCUT2D eigenvalue weighted by molar-refractivity contribution is -0.140. The van der Waals surface area contributed by atoms with Crippen LogP contribution in [0, 0.1) is 0 Å². The van der Waals surface area contributed by atoms with Gasteiger partial charge in [0.2, 0.25) is 0 Å². The minimum atomic E-state index is -0.583. The summed E-state index contributed by atoms with van der Waals surface area (Å²) in [5, 5.41) is 2.82. The van der Waals surface area contributed by atoms with E-state index in [1.807, 2.05) is 32.9 Å². The Morgan fingerprint density at radius 2 is 1.86 bits per heavy atom. The van der Waals surface area contributed by atoms with Crippen molar-refractivity contribution in [3.63, 3.8) is 0 Å². The molecule has 0 aliphatic carbocycles. The van der Waals surface area contributed by atoms with E-state index >= 15 is 0 Å². The van der Waals surface area contributed by atoms with Crippen LogP contribution in [-0.4, -0.2) is 37.3 Å². The molecule has 0 fully saturated rings. The molecule has 158 valence electrons. The highest BCUT2D eigenvalue weighted by molar-refractivity contribution is 6.17. The minimum absolute atomic E-state index is 0.215. The third kappa shape index (κ3) is 10.4. The number of carbonyl (C=O) groups is 2. The molecule has 0 aliphatic heterocycles. The summed E-state index contributed by atoms with van der Waals surface area (Å²) in [6.45, 7) is 6.02. The number of hydrogen-bond donors (Lipinski definition) is 1. The average molecular weight is 414 g/mol. The molecule has 0 saturated heterocycles. The predicted molar refractivity (Wildman–Crippen MR) is 111 cm³/mol. The molecular weight excluding hydrogens is 382 g/mol. The molecular formula is C21H32ClNO5. The zero-order chi connectivity index (χ0) is 21.0. The van der Waals surface area contributed by atoms with Crippen molar-refractivity contribution in [3.05, 3.63) is 23.8 Å². The third-order valence-corrected chi connectivity index (χ3v) is 4.09. The Hall–Kier alpha value is -1.95. The first kappa shape index (κ1) is 24.1. The molecule has 1 aromatic rings. The molecule has 1 N–H and O–H groups in total. The highest BCUT2D eigenvalue weighted by Crippen LogP contribution is 2.25. The quantitative estimate of drug-likeness (QED) is 0.302. The van der Waals surface area contributed by atoms with Gasteiger partial charge in [-0.15, -0.1) is 11.6 Å². The number of hydrogen-bond acceptors (Lipinski definition) is 5. The molecule has 0 saturated carbocycles. The number of halogens is 1.